The molecule has 118 valence electrons. The second-order valence-electron chi connectivity index (χ2n) is 4.92. The van der Waals surface area contributed by atoms with E-state index >= 15 is 0 Å². The Hall–Kier alpha value is -3.02. The fourth-order valence-electron chi connectivity index (χ4n) is 2.05. The van der Waals surface area contributed by atoms with Crippen LogP contribution in [0.3, 0.4) is 0 Å². The lowest BCUT2D eigenvalue weighted by atomic mass is 10.3. The van der Waals surface area contributed by atoms with Crippen LogP contribution in [0.4, 0.5) is 0 Å². The molecule has 0 radical (unpaired) electrons. The van der Waals surface area contributed by atoms with E-state index in [4.69, 9.17) is 9.15 Å². The topological polar surface area (TPSA) is 69.3 Å². The van der Waals surface area contributed by atoms with Gasteiger partial charge in [-0.05, 0) is 24.3 Å². The van der Waals surface area contributed by atoms with Crippen LogP contribution in [0.25, 0.3) is 0 Å². The summed E-state index contributed by atoms with van der Waals surface area (Å²) >= 11 is 0. The maximum Gasteiger partial charge on any atom is 0.287 e. The van der Waals surface area contributed by atoms with Crippen molar-refractivity contribution in [3.63, 3.8) is 0 Å². The van der Waals surface area contributed by atoms with Crippen LogP contribution in [0.2, 0.25) is 0 Å². The smallest absolute Gasteiger partial charge is 0.287 e. The van der Waals surface area contributed by atoms with Gasteiger partial charge in [0.1, 0.15) is 18.1 Å². The second kappa shape index (κ2) is 7.31. The molecule has 6 heteroatoms. The predicted octanol–water partition coefficient (Wildman–Crippen LogP) is 2.49. The molecule has 2 heterocycles. The molecule has 0 bridgehead atoms. The van der Waals surface area contributed by atoms with Crippen LogP contribution in [0.15, 0.2) is 65.6 Å². The third kappa shape index (κ3) is 4.23. The first-order chi connectivity index (χ1) is 11.3. The number of nitrogens with one attached hydrogen (secondary N) is 1. The van der Waals surface area contributed by atoms with E-state index in [1.165, 1.54) is 0 Å². The molecule has 0 saturated heterocycles. The number of hydrogen-bond donors (Lipinski definition) is 1. The zero-order valence-electron chi connectivity index (χ0n) is 12.5. The van der Waals surface area contributed by atoms with Crippen molar-refractivity contribution < 1.29 is 13.9 Å². The molecule has 0 fully saturated rings. The number of amides is 1. The minimum atomic E-state index is -0.240. The summed E-state index contributed by atoms with van der Waals surface area (Å²) in [6, 6.07) is 12.8. The summed E-state index contributed by atoms with van der Waals surface area (Å²) in [5.74, 6) is 1.40. The highest BCUT2D eigenvalue weighted by molar-refractivity contribution is 5.91. The summed E-state index contributed by atoms with van der Waals surface area (Å²) in [5.41, 5.74) is 0. The van der Waals surface area contributed by atoms with Crippen LogP contribution in [0, 0.1) is 0 Å². The molecule has 0 spiro atoms. The normalized spacial score (nSPS) is 10.4. The number of carbonyl (C=O) groups is 1. The summed E-state index contributed by atoms with van der Waals surface area (Å²) in [6.07, 6.45) is 5.25. The number of furan rings is 1. The number of ether oxygens (including phenoxy) is 1. The summed E-state index contributed by atoms with van der Waals surface area (Å²) in [5, 5.41) is 2.80. The zero-order chi connectivity index (χ0) is 15.9. The SMILES string of the molecule is O=C(NCCn1ccnc1)c1ccc(COc2ccccc2)o1. The fraction of sp³-hybridized carbons (Fsp3) is 0.176. The van der Waals surface area contributed by atoms with Gasteiger partial charge in [0, 0.05) is 25.5 Å². The standard InChI is InChI=1S/C17H17N3O3/c21-17(19-9-11-20-10-8-18-13-20)16-7-6-15(23-16)12-22-14-4-2-1-3-5-14/h1-8,10,13H,9,11-12H2,(H,19,21). The largest absolute Gasteiger partial charge is 0.486 e. The molecule has 1 aromatic carbocycles. The van der Waals surface area contributed by atoms with Gasteiger partial charge in [-0.3, -0.25) is 4.79 Å². The van der Waals surface area contributed by atoms with Gasteiger partial charge in [-0.2, -0.15) is 0 Å². The minimum absolute atomic E-state index is 0.240. The first kappa shape index (κ1) is 14.9. The first-order valence-corrected chi connectivity index (χ1v) is 7.32. The molecule has 2 aromatic heterocycles. The Kier molecular flexibility index (Phi) is 4.73. The number of carbonyl (C=O) groups excluding carboxylic acids is 1. The number of imidazole rings is 1. The third-order valence-corrected chi connectivity index (χ3v) is 3.22. The third-order valence-electron chi connectivity index (χ3n) is 3.22. The van der Waals surface area contributed by atoms with Crippen molar-refractivity contribution >= 4 is 5.91 Å². The van der Waals surface area contributed by atoms with Gasteiger partial charge in [0.15, 0.2) is 5.76 Å². The highest BCUT2D eigenvalue weighted by atomic mass is 16.5. The van der Waals surface area contributed by atoms with Crippen LogP contribution >= 0.6 is 0 Å². The van der Waals surface area contributed by atoms with Gasteiger partial charge in [-0.1, -0.05) is 18.2 Å². The van der Waals surface area contributed by atoms with Crippen molar-refractivity contribution in [2.45, 2.75) is 13.2 Å². The van der Waals surface area contributed by atoms with E-state index in [2.05, 4.69) is 10.3 Å². The van der Waals surface area contributed by atoms with Gasteiger partial charge < -0.3 is 19.0 Å². The molecule has 0 atom stereocenters. The Labute approximate surface area is 133 Å². The van der Waals surface area contributed by atoms with Crippen LogP contribution in [-0.4, -0.2) is 22.0 Å². The Morgan fingerprint density at radius 3 is 2.87 bits per heavy atom. The van der Waals surface area contributed by atoms with Crippen LogP contribution in [-0.2, 0) is 13.2 Å². The molecule has 0 aliphatic rings. The summed E-state index contributed by atoms with van der Waals surface area (Å²) in [7, 11) is 0. The summed E-state index contributed by atoms with van der Waals surface area (Å²) in [4.78, 5) is 15.9. The molecule has 0 aliphatic carbocycles. The lowest BCUT2D eigenvalue weighted by molar-refractivity contribution is 0.0920. The highest BCUT2D eigenvalue weighted by Gasteiger charge is 2.11. The predicted molar refractivity (Wildman–Crippen MR) is 84.0 cm³/mol. The van der Waals surface area contributed by atoms with Gasteiger partial charge >= 0.3 is 0 Å². The zero-order valence-corrected chi connectivity index (χ0v) is 12.5. The van der Waals surface area contributed by atoms with Crippen LogP contribution < -0.4 is 10.1 Å². The molecule has 0 unspecified atom stereocenters. The van der Waals surface area contributed by atoms with Crippen LogP contribution in [0.5, 0.6) is 5.75 Å². The Bertz CT molecular complexity index is 736. The number of aromatic nitrogens is 2. The summed E-state index contributed by atoms with van der Waals surface area (Å²) in [6.45, 7) is 1.45. The lowest BCUT2D eigenvalue weighted by Gasteiger charge is -2.04. The van der Waals surface area contributed by atoms with E-state index < -0.39 is 0 Å². The maximum absolute atomic E-state index is 12.0. The number of rotatable bonds is 7. The molecule has 1 amide bonds. The van der Waals surface area contributed by atoms with Crippen molar-refractivity contribution in [3.8, 4) is 5.75 Å². The molecule has 6 nitrogen and oxygen atoms in total. The van der Waals surface area contributed by atoms with E-state index in [0.29, 0.717) is 18.8 Å². The van der Waals surface area contributed by atoms with E-state index in [1.807, 2.05) is 41.1 Å². The van der Waals surface area contributed by atoms with Gasteiger partial charge in [-0.25, -0.2) is 4.98 Å². The van der Waals surface area contributed by atoms with Crippen molar-refractivity contribution in [3.05, 3.63) is 72.7 Å². The average molecular weight is 311 g/mol. The van der Waals surface area contributed by atoms with E-state index in [0.717, 1.165) is 5.75 Å². The minimum Gasteiger partial charge on any atom is -0.486 e. The summed E-state index contributed by atoms with van der Waals surface area (Å²) < 4.78 is 13.0. The number of para-hydroxylation sites is 1. The molecular formula is C17H17N3O3. The van der Waals surface area contributed by atoms with E-state index in [1.54, 1.807) is 24.7 Å². The van der Waals surface area contributed by atoms with Gasteiger partial charge in [0.2, 0.25) is 0 Å². The fourth-order valence-corrected chi connectivity index (χ4v) is 2.05. The van der Waals surface area contributed by atoms with Gasteiger partial charge in [0.05, 0.1) is 6.33 Å². The molecule has 3 rings (SSSR count). The highest BCUT2D eigenvalue weighted by Crippen LogP contribution is 2.13. The number of benzene rings is 1. The lowest BCUT2D eigenvalue weighted by Crippen LogP contribution is -2.26. The van der Waals surface area contributed by atoms with E-state index in [9.17, 15) is 4.79 Å². The van der Waals surface area contributed by atoms with Crippen LogP contribution in [0.1, 0.15) is 16.3 Å². The van der Waals surface area contributed by atoms with Crippen molar-refractivity contribution in [2.75, 3.05) is 6.54 Å². The Morgan fingerprint density at radius 2 is 2.09 bits per heavy atom. The second-order valence-corrected chi connectivity index (χ2v) is 4.92. The van der Waals surface area contributed by atoms with Gasteiger partial charge in [0.25, 0.3) is 5.91 Å². The Morgan fingerprint density at radius 1 is 1.22 bits per heavy atom. The molecule has 23 heavy (non-hydrogen) atoms. The number of nitrogens with zero attached hydrogens (tertiary/aromatic N) is 2. The maximum atomic E-state index is 12.0. The molecule has 0 saturated carbocycles. The monoisotopic (exact) mass is 311 g/mol. The number of hydrogen-bond acceptors (Lipinski definition) is 4. The Balaban J connectivity index is 1.47. The van der Waals surface area contributed by atoms with Crippen molar-refractivity contribution in [2.24, 2.45) is 0 Å². The molecule has 0 aliphatic heterocycles. The first-order valence-electron chi connectivity index (χ1n) is 7.32. The molecular weight excluding hydrogens is 294 g/mol. The molecule has 3 aromatic rings. The average Bonchev–Trinajstić information content (AvgIpc) is 3.25. The molecule has 1 N–H and O–H groups in total. The quantitative estimate of drug-likeness (QED) is 0.728. The van der Waals surface area contributed by atoms with E-state index in [-0.39, 0.29) is 18.3 Å². The van der Waals surface area contributed by atoms with Crippen molar-refractivity contribution in [1.82, 2.24) is 14.9 Å². The van der Waals surface area contributed by atoms with Gasteiger partial charge in [-0.15, -0.1) is 0 Å². The van der Waals surface area contributed by atoms with Crippen molar-refractivity contribution in [1.29, 1.82) is 0 Å².